The summed E-state index contributed by atoms with van der Waals surface area (Å²) in [5.41, 5.74) is 1.28. The van der Waals surface area contributed by atoms with E-state index < -0.39 is 10.0 Å². The lowest BCUT2D eigenvalue weighted by Crippen LogP contribution is -2.56. The van der Waals surface area contributed by atoms with Crippen molar-refractivity contribution in [3.05, 3.63) is 58.9 Å². The van der Waals surface area contributed by atoms with E-state index in [2.05, 4.69) is 9.62 Å². The molecule has 2 aliphatic rings. The Bertz CT molecular complexity index is 1080. The zero-order valence-electron chi connectivity index (χ0n) is 17.6. The Balaban J connectivity index is 1.38. The number of benzene rings is 2. The van der Waals surface area contributed by atoms with Crippen LogP contribution < -0.4 is 9.46 Å². The molecule has 2 aromatic rings. The van der Waals surface area contributed by atoms with Crippen LogP contribution in [-0.2, 0) is 21.4 Å². The van der Waals surface area contributed by atoms with Gasteiger partial charge in [0, 0.05) is 42.8 Å². The average Bonchev–Trinajstić information content (AvgIpc) is 2.99. The molecular formula is C22H25ClFN3O4S. The van der Waals surface area contributed by atoms with Gasteiger partial charge >= 0.3 is 0 Å². The van der Waals surface area contributed by atoms with E-state index in [0.717, 1.165) is 44.3 Å². The molecular weight excluding hydrogens is 457 g/mol. The monoisotopic (exact) mass is 481 g/mol. The number of hydrogen-bond acceptors (Lipinski definition) is 5. The molecule has 4 rings (SSSR count). The molecule has 2 bridgehead atoms. The Kier molecular flexibility index (Phi) is 6.60. The number of nitrogens with zero attached hydrogens (tertiary/aromatic N) is 2. The zero-order valence-corrected chi connectivity index (χ0v) is 19.2. The van der Waals surface area contributed by atoms with Gasteiger partial charge in [0.15, 0.2) is 6.61 Å². The maximum Gasteiger partial charge on any atom is 0.261 e. The van der Waals surface area contributed by atoms with Gasteiger partial charge in [0.05, 0.1) is 11.9 Å². The number of amides is 1. The molecule has 2 aliphatic heterocycles. The first-order chi connectivity index (χ1) is 15.2. The average molecular weight is 482 g/mol. The lowest BCUT2D eigenvalue weighted by Gasteiger charge is -2.41. The number of rotatable bonds is 7. The zero-order chi connectivity index (χ0) is 22.9. The molecule has 2 atom stereocenters. The van der Waals surface area contributed by atoms with Gasteiger partial charge in [-0.25, -0.2) is 12.8 Å². The first-order valence-corrected chi connectivity index (χ1v) is 12.6. The van der Waals surface area contributed by atoms with Crippen molar-refractivity contribution in [2.45, 2.75) is 31.5 Å². The lowest BCUT2D eigenvalue weighted by molar-refractivity contribution is -0.139. The van der Waals surface area contributed by atoms with Crippen LogP contribution in [0.3, 0.4) is 0 Å². The molecule has 0 aliphatic carbocycles. The van der Waals surface area contributed by atoms with Gasteiger partial charge < -0.3 is 9.64 Å². The van der Waals surface area contributed by atoms with Crippen LogP contribution in [0.4, 0.5) is 10.1 Å². The molecule has 0 saturated carbocycles. The summed E-state index contributed by atoms with van der Waals surface area (Å²) in [6.45, 7) is 2.01. The number of likely N-dealkylation sites (tertiary alicyclic amines) is 1. The van der Waals surface area contributed by atoms with Gasteiger partial charge in [-0.05, 0) is 42.7 Å². The van der Waals surface area contributed by atoms with E-state index in [0.29, 0.717) is 5.02 Å². The minimum Gasteiger partial charge on any atom is -0.482 e. The van der Waals surface area contributed by atoms with Gasteiger partial charge in [-0.3, -0.25) is 14.4 Å². The minimum atomic E-state index is -3.51. The fourth-order valence-corrected chi connectivity index (χ4v) is 5.22. The second-order valence-corrected chi connectivity index (χ2v) is 10.5. The maximum atomic E-state index is 13.2. The van der Waals surface area contributed by atoms with Crippen LogP contribution in [0.15, 0.2) is 42.5 Å². The molecule has 0 radical (unpaired) electrons. The first kappa shape index (κ1) is 22.8. The van der Waals surface area contributed by atoms with Crippen molar-refractivity contribution >= 4 is 33.2 Å². The van der Waals surface area contributed by atoms with Gasteiger partial charge in [-0.1, -0.05) is 23.7 Å². The Hall–Kier alpha value is -2.36. The van der Waals surface area contributed by atoms with Crippen molar-refractivity contribution in [2.24, 2.45) is 0 Å². The van der Waals surface area contributed by atoms with Crippen LogP contribution in [-0.4, -0.2) is 62.2 Å². The highest BCUT2D eigenvalue weighted by Crippen LogP contribution is 2.32. The summed E-state index contributed by atoms with van der Waals surface area (Å²) in [5, 5.41) is 0.376. The third kappa shape index (κ3) is 5.51. The smallest absolute Gasteiger partial charge is 0.261 e. The molecule has 2 fully saturated rings. The number of ether oxygens (including phenoxy) is 1. The summed E-state index contributed by atoms with van der Waals surface area (Å²) in [5.74, 6) is -0.179. The number of carbonyl (C=O) groups excluding carboxylic acids is 1. The second-order valence-electron chi connectivity index (χ2n) is 8.31. The number of fused-ring (bicyclic) bond motifs is 2. The van der Waals surface area contributed by atoms with Crippen molar-refractivity contribution < 1.29 is 22.3 Å². The van der Waals surface area contributed by atoms with Crippen LogP contribution in [0.2, 0.25) is 5.02 Å². The fourth-order valence-electron chi connectivity index (χ4n) is 4.49. The van der Waals surface area contributed by atoms with E-state index in [9.17, 15) is 17.6 Å². The Morgan fingerprint density at radius 1 is 1.16 bits per heavy atom. The van der Waals surface area contributed by atoms with Crippen molar-refractivity contribution in [3.63, 3.8) is 0 Å². The quantitative estimate of drug-likeness (QED) is 0.657. The molecule has 2 heterocycles. The SMILES string of the molecule is CS(=O)(=O)Nc1ccc(Cl)cc1OCC(=O)N1C2CCC1CN(Cc1ccc(F)cc1)C2. The largest absolute Gasteiger partial charge is 0.482 e. The molecule has 0 spiro atoms. The summed E-state index contributed by atoms with van der Waals surface area (Å²) < 4.78 is 44.4. The molecule has 10 heteroatoms. The molecule has 2 unspecified atom stereocenters. The first-order valence-electron chi connectivity index (χ1n) is 10.4. The molecule has 1 N–H and O–H groups in total. The summed E-state index contributed by atoms with van der Waals surface area (Å²) in [6.07, 6.45) is 2.89. The normalized spacial score (nSPS) is 20.9. The number of nitrogens with one attached hydrogen (secondary N) is 1. The van der Waals surface area contributed by atoms with E-state index in [4.69, 9.17) is 16.3 Å². The summed E-state index contributed by atoms with van der Waals surface area (Å²) >= 11 is 6.02. The highest BCUT2D eigenvalue weighted by atomic mass is 35.5. The third-order valence-corrected chi connectivity index (χ3v) is 6.58. The predicted molar refractivity (Wildman–Crippen MR) is 121 cm³/mol. The summed E-state index contributed by atoms with van der Waals surface area (Å²) in [6, 6.07) is 11.2. The Labute approximate surface area is 192 Å². The van der Waals surface area contributed by atoms with E-state index >= 15 is 0 Å². The molecule has 2 aromatic carbocycles. The van der Waals surface area contributed by atoms with Crippen LogP contribution in [0.25, 0.3) is 0 Å². The number of anilines is 1. The van der Waals surface area contributed by atoms with E-state index in [1.165, 1.54) is 24.3 Å². The summed E-state index contributed by atoms with van der Waals surface area (Å²) in [7, 11) is -3.51. The van der Waals surface area contributed by atoms with Crippen LogP contribution >= 0.6 is 11.6 Å². The van der Waals surface area contributed by atoms with Gasteiger partial charge in [-0.15, -0.1) is 0 Å². The van der Waals surface area contributed by atoms with Gasteiger partial charge in [0.25, 0.3) is 5.91 Å². The van der Waals surface area contributed by atoms with Crippen LogP contribution in [0.5, 0.6) is 5.75 Å². The van der Waals surface area contributed by atoms with Crippen molar-refractivity contribution in [1.82, 2.24) is 9.80 Å². The fraction of sp³-hybridized carbons (Fsp3) is 0.409. The van der Waals surface area contributed by atoms with E-state index in [1.54, 1.807) is 18.2 Å². The van der Waals surface area contributed by atoms with Crippen LogP contribution in [0.1, 0.15) is 18.4 Å². The second kappa shape index (κ2) is 9.25. The minimum absolute atomic E-state index is 0.0956. The number of sulfonamides is 1. The van der Waals surface area contributed by atoms with Crippen molar-refractivity contribution in [3.8, 4) is 5.75 Å². The third-order valence-electron chi connectivity index (χ3n) is 5.76. The maximum absolute atomic E-state index is 13.2. The standard InChI is InChI=1S/C22H25ClFN3O4S/c1-32(29,30)25-20-9-4-16(23)10-21(20)31-14-22(28)27-18-7-8-19(27)13-26(12-18)11-15-2-5-17(24)6-3-15/h2-6,9-10,18-19,25H,7-8,11-14H2,1H3. The Morgan fingerprint density at radius 2 is 1.81 bits per heavy atom. The van der Waals surface area contributed by atoms with E-state index in [-0.39, 0.29) is 41.9 Å². The molecule has 172 valence electrons. The van der Waals surface area contributed by atoms with E-state index in [1.807, 2.05) is 4.90 Å². The van der Waals surface area contributed by atoms with Crippen LogP contribution in [0, 0.1) is 5.82 Å². The van der Waals surface area contributed by atoms with Crippen molar-refractivity contribution in [1.29, 1.82) is 0 Å². The molecule has 7 nitrogen and oxygen atoms in total. The number of piperazine rings is 1. The number of hydrogen-bond donors (Lipinski definition) is 1. The molecule has 2 saturated heterocycles. The predicted octanol–water partition coefficient (Wildman–Crippen LogP) is 3.10. The van der Waals surface area contributed by atoms with Crippen molar-refractivity contribution in [2.75, 3.05) is 30.7 Å². The highest BCUT2D eigenvalue weighted by molar-refractivity contribution is 7.92. The highest BCUT2D eigenvalue weighted by Gasteiger charge is 2.42. The summed E-state index contributed by atoms with van der Waals surface area (Å²) in [4.78, 5) is 17.2. The Morgan fingerprint density at radius 3 is 2.44 bits per heavy atom. The lowest BCUT2D eigenvalue weighted by atomic mass is 10.1. The van der Waals surface area contributed by atoms with Gasteiger partial charge in [0.2, 0.25) is 10.0 Å². The number of halogens is 2. The van der Waals surface area contributed by atoms with Gasteiger partial charge in [0.1, 0.15) is 11.6 Å². The topological polar surface area (TPSA) is 78.9 Å². The number of carbonyl (C=O) groups is 1. The molecule has 1 amide bonds. The molecule has 32 heavy (non-hydrogen) atoms. The van der Waals surface area contributed by atoms with Gasteiger partial charge in [-0.2, -0.15) is 0 Å². The molecule has 0 aromatic heterocycles.